The highest BCUT2D eigenvalue weighted by atomic mass is 16.6. The Morgan fingerprint density at radius 2 is 2.00 bits per heavy atom. The van der Waals surface area contributed by atoms with Crippen molar-refractivity contribution in [2.75, 3.05) is 13.2 Å². The zero-order chi connectivity index (χ0) is 11.6. The normalized spacial score (nSPS) is 18.9. The molecule has 0 aliphatic carbocycles. The third kappa shape index (κ3) is 7.46. The maximum Gasteiger partial charge on any atom is 0.330 e. The van der Waals surface area contributed by atoms with Crippen molar-refractivity contribution >= 4 is 5.97 Å². The summed E-state index contributed by atoms with van der Waals surface area (Å²) in [4.78, 5) is 11.1. The molecule has 1 aliphatic rings. The lowest BCUT2D eigenvalue weighted by atomic mass is 10.1. The van der Waals surface area contributed by atoms with Crippen LogP contribution in [-0.2, 0) is 14.3 Å². The molecule has 0 N–H and O–H groups in total. The van der Waals surface area contributed by atoms with Crippen molar-refractivity contribution in [1.29, 1.82) is 0 Å². The van der Waals surface area contributed by atoms with Crippen LogP contribution in [0.3, 0.4) is 0 Å². The Morgan fingerprint density at radius 3 is 2.69 bits per heavy atom. The van der Waals surface area contributed by atoms with E-state index >= 15 is 0 Å². The van der Waals surface area contributed by atoms with Gasteiger partial charge < -0.3 is 9.47 Å². The molecule has 16 heavy (non-hydrogen) atoms. The van der Waals surface area contributed by atoms with Gasteiger partial charge in [0.2, 0.25) is 0 Å². The van der Waals surface area contributed by atoms with Crippen LogP contribution in [0.2, 0.25) is 0 Å². The number of epoxide rings is 1. The molecule has 1 aliphatic heterocycles. The van der Waals surface area contributed by atoms with E-state index in [1.807, 2.05) is 0 Å². The van der Waals surface area contributed by atoms with Gasteiger partial charge in [-0.3, -0.25) is 0 Å². The summed E-state index contributed by atoms with van der Waals surface area (Å²) < 4.78 is 9.99. The SMILES string of the molecule is CCCCCCCCOC(=O)C=CC1CO1. The first kappa shape index (κ1) is 13.2. The van der Waals surface area contributed by atoms with E-state index in [9.17, 15) is 4.79 Å². The molecule has 92 valence electrons. The summed E-state index contributed by atoms with van der Waals surface area (Å²) in [5, 5.41) is 0. The van der Waals surface area contributed by atoms with Crippen LogP contribution in [0.15, 0.2) is 12.2 Å². The van der Waals surface area contributed by atoms with E-state index in [4.69, 9.17) is 9.47 Å². The molecule has 1 saturated heterocycles. The van der Waals surface area contributed by atoms with Crippen molar-refractivity contribution in [1.82, 2.24) is 0 Å². The van der Waals surface area contributed by atoms with Gasteiger partial charge in [0.1, 0.15) is 0 Å². The number of unbranched alkanes of at least 4 members (excludes halogenated alkanes) is 5. The zero-order valence-corrected chi connectivity index (χ0v) is 10.1. The van der Waals surface area contributed by atoms with Gasteiger partial charge in [-0.1, -0.05) is 39.0 Å². The van der Waals surface area contributed by atoms with E-state index in [-0.39, 0.29) is 12.1 Å². The standard InChI is InChI=1S/C13H22O3/c1-2-3-4-5-6-7-10-15-13(14)9-8-12-11-16-12/h8-9,12H,2-7,10-11H2,1H3. The number of carbonyl (C=O) groups excluding carboxylic acids is 1. The molecule has 0 aromatic heterocycles. The summed E-state index contributed by atoms with van der Waals surface area (Å²) in [5.41, 5.74) is 0. The van der Waals surface area contributed by atoms with Crippen molar-refractivity contribution in [3.05, 3.63) is 12.2 Å². The van der Waals surface area contributed by atoms with Gasteiger partial charge in [0.25, 0.3) is 0 Å². The molecule has 0 aromatic rings. The molecule has 1 rings (SSSR count). The fourth-order valence-corrected chi connectivity index (χ4v) is 1.46. The second-order valence-electron chi connectivity index (χ2n) is 4.17. The Labute approximate surface area is 97.8 Å². The van der Waals surface area contributed by atoms with Crippen LogP contribution in [0.4, 0.5) is 0 Å². The first-order valence-electron chi connectivity index (χ1n) is 6.29. The molecule has 1 heterocycles. The number of hydrogen-bond donors (Lipinski definition) is 0. The smallest absolute Gasteiger partial charge is 0.330 e. The Kier molecular flexibility index (Phi) is 6.90. The summed E-state index contributed by atoms with van der Waals surface area (Å²) in [6.07, 6.45) is 10.6. The third-order valence-electron chi connectivity index (χ3n) is 2.55. The molecule has 1 unspecified atom stereocenters. The minimum absolute atomic E-state index is 0.154. The second kappa shape index (κ2) is 8.34. The van der Waals surface area contributed by atoms with Crippen LogP contribution in [0.5, 0.6) is 0 Å². The molecule has 0 aromatic carbocycles. The molecule has 1 fully saturated rings. The molecule has 0 saturated carbocycles. The lowest BCUT2D eigenvalue weighted by molar-refractivity contribution is -0.137. The minimum atomic E-state index is -0.246. The Morgan fingerprint density at radius 1 is 1.31 bits per heavy atom. The van der Waals surface area contributed by atoms with E-state index in [1.54, 1.807) is 6.08 Å². The summed E-state index contributed by atoms with van der Waals surface area (Å²) in [6, 6.07) is 0. The van der Waals surface area contributed by atoms with Crippen LogP contribution in [0.25, 0.3) is 0 Å². The topological polar surface area (TPSA) is 38.8 Å². The summed E-state index contributed by atoms with van der Waals surface area (Å²) in [7, 11) is 0. The highest BCUT2D eigenvalue weighted by molar-refractivity contribution is 5.82. The van der Waals surface area contributed by atoms with Crippen molar-refractivity contribution < 1.29 is 14.3 Å². The fourth-order valence-electron chi connectivity index (χ4n) is 1.46. The maximum atomic E-state index is 11.1. The highest BCUT2D eigenvalue weighted by Crippen LogP contribution is 2.09. The minimum Gasteiger partial charge on any atom is -0.463 e. The first-order valence-corrected chi connectivity index (χ1v) is 6.29. The predicted octanol–water partition coefficient (Wildman–Crippen LogP) is 2.85. The molecule has 1 atom stereocenters. The lowest BCUT2D eigenvalue weighted by Gasteiger charge is -2.01. The van der Waals surface area contributed by atoms with E-state index in [0.717, 1.165) is 19.4 Å². The van der Waals surface area contributed by atoms with E-state index < -0.39 is 0 Å². The molecular weight excluding hydrogens is 204 g/mol. The van der Waals surface area contributed by atoms with Gasteiger partial charge in [0, 0.05) is 6.08 Å². The largest absolute Gasteiger partial charge is 0.463 e. The Hall–Kier alpha value is -0.830. The second-order valence-corrected chi connectivity index (χ2v) is 4.17. The van der Waals surface area contributed by atoms with Gasteiger partial charge in [0.05, 0.1) is 19.3 Å². The van der Waals surface area contributed by atoms with E-state index in [2.05, 4.69) is 6.92 Å². The van der Waals surface area contributed by atoms with Crippen LogP contribution in [0, 0.1) is 0 Å². The van der Waals surface area contributed by atoms with Crippen molar-refractivity contribution in [2.45, 2.75) is 51.6 Å². The number of carbonyl (C=O) groups is 1. The van der Waals surface area contributed by atoms with E-state index in [1.165, 1.54) is 31.8 Å². The molecule has 0 amide bonds. The molecule has 0 spiro atoms. The fraction of sp³-hybridized carbons (Fsp3) is 0.769. The number of rotatable bonds is 9. The van der Waals surface area contributed by atoms with Gasteiger partial charge >= 0.3 is 5.97 Å². The van der Waals surface area contributed by atoms with Gasteiger partial charge in [0.15, 0.2) is 0 Å². The molecule has 3 heteroatoms. The van der Waals surface area contributed by atoms with Crippen molar-refractivity contribution in [3.63, 3.8) is 0 Å². The van der Waals surface area contributed by atoms with Crippen molar-refractivity contribution in [3.8, 4) is 0 Å². The van der Waals surface area contributed by atoms with Gasteiger partial charge in [-0.05, 0) is 12.5 Å². The number of esters is 1. The summed E-state index contributed by atoms with van der Waals surface area (Å²) in [5.74, 6) is -0.246. The number of hydrogen-bond acceptors (Lipinski definition) is 3. The van der Waals surface area contributed by atoms with E-state index in [0.29, 0.717) is 6.61 Å². The van der Waals surface area contributed by atoms with Gasteiger partial charge in [-0.25, -0.2) is 4.79 Å². The number of ether oxygens (including phenoxy) is 2. The zero-order valence-electron chi connectivity index (χ0n) is 10.1. The van der Waals surface area contributed by atoms with Crippen LogP contribution in [0.1, 0.15) is 45.4 Å². The quantitative estimate of drug-likeness (QED) is 0.263. The van der Waals surface area contributed by atoms with Crippen LogP contribution < -0.4 is 0 Å². The van der Waals surface area contributed by atoms with Crippen molar-refractivity contribution in [2.24, 2.45) is 0 Å². The highest BCUT2D eigenvalue weighted by Gasteiger charge is 2.18. The first-order chi connectivity index (χ1) is 7.83. The molecule has 0 bridgehead atoms. The predicted molar refractivity (Wildman–Crippen MR) is 63.2 cm³/mol. The monoisotopic (exact) mass is 226 g/mol. The molecule has 3 nitrogen and oxygen atoms in total. The van der Waals surface area contributed by atoms with Gasteiger partial charge in [-0.15, -0.1) is 0 Å². The lowest BCUT2D eigenvalue weighted by Crippen LogP contribution is -2.02. The maximum absolute atomic E-state index is 11.1. The average Bonchev–Trinajstić information content (AvgIpc) is 3.09. The van der Waals surface area contributed by atoms with Crippen LogP contribution >= 0.6 is 0 Å². The molecule has 0 radical (unpaired) electrons. The van der Waals surface area contributed by atoms with Gasteiger partial charge in [-0.2, -0.15) is 0 Å². The summed E-state index contributed by atoms with van der Waals surface area (Å²) >= 11 is 0. The summed E-state index contributed by atoms with van der Waals surface area (Å²) in [6.45, 7) is 3.49. The Balaban J connectivity index is 1.84. The van der Waals surface area contributed by atoms with Crippen LogP contribution in [-0.4, -0.2) is 25.3 Å². The Bertz CT molecular complexity index is 219. The molecular formula is C13H22O3. The average molecular weight is 226 g/mol. The third-order valence-corrected chi connectivity index (χ3v) is 2.55.